The summed E-state index contributed by atoms with van der Waals surface area (Å²) in [6.45, 7) is 5.08. The molecule has 1 aliphatic carbocycles. The molecule has 3 unspecified atom stereocenters. The molecule has 9 nitrogen and oxygen atoms in total. The standard InChI is InChI=1S/C32H33FN6O3S/c1-4-38-34-18-30(36-38)43(40,41)37-19-25-16-32(42-3,24-8-6-5-7-9-24)20-31(25,21-37)28-15-23-17-35-39(29(23)14-22(28)2)27-12-10-26(33)11-13-27/h5-15,17-18,25H,4,16,19-21H2,1-3H3. The van der Waals surface area contributed by atoms with Gasteiger partial charge in [0.25, 0.3) is 10.0 Å². The predicted molar refractivity (Wildman–Crippen MR) is 160 cm³/mol. The van der Waals surface area contributed by atoms with Crippen molar-refractivity contribution in [2.24, 2.45) is 5.92 Å². The minimum atomic E-state index is -3.86. The van der Waals surface area contributed by atoms with Gasteiger partial charge in [0.05, 0.1) is 35.7 Å². The Balaban J connectivity index is 1.35. The molecule has 2 aliphatic rings. The predicted octanol–water partition coefficient (Wildman–Crippen LogP) is 4.98. The molecule has 1 saturated carbocycles. The summed E-state index contributed by atoms with van der Waals surface area (Å²) < 4.78 is 51.1. The van der Waals surface area contributed by atoms with E-state index >= 15 is 0 Å². The van der Waals surface area contributed by atoms with Gasteiger partial charge in [-0.05, 0) is 85.7 Å². The Morgan fingerprint density at radius 2 is 1.81 bits per heavy atom. The Hall–Kier alpha value is -3.93. The SMILES string of the molecule is CCn1ncc(S(=O)(=O)N2CC3CC(OC)(c4ccccc4)CC3(c3cc4cnn(-c5ccc(F)cc5)c4cc3C)C2)n1. The highest BCUT2D eigenvalue weighted by atomic mass is 32.2. The highest BCUT2D eigenvalue weighted by molar-refractivity contribution is 7.89. The molecule has 1 aliphatic heterocycles. The lowest BCUT2D eigenvalue weighted by Gasteiger charge is -2.35. The third kappa shape index (κ3) is 4.32. The maximum atomic E-state index is 13.9. The summed E-state index contributed by atoms with van der Waals surface area (Å²) in [4.78, 5) is 1.39. The van der Waals surface area contributed by atoms with Crippen LogP contribution in [0.4, 0.5) is 4.39 Å². The number of nitrogens with zero attached hydrogens (tertiary/aromatic N) is 6. The minimum absolute atomic E-state index is 0.00746. The molecular weight excluding hydrogens is 567 g/mol. The van der Waals surface area contributed by atoms with E-state index < -0.39 is 21.0 Å². The second-order valence-corrected chi connectivity index (χ2v) is 13.6. The quantitative estimate of drug-likeness (QED) is 0.262. The van der Waals surface area contributed by atoms with E-state index in [-0.39, 0.29) is 16.8 Å². The van der Waals surface area contributed by atoms with Crippen molar-refractivity contribution in [3.05, 3.63) is 102 Å². The second kappa shape index (κ2) is 10.1. The molecule has 0 amide bonds. The Morgan fingerprint density at radius 3 is 2.51 bits per heavy atom. The number of aromatic nitrogens is 5. The van der Waals surface area contributed by atoms with E-state index in [1.165, 1.54) is 23.1 Å². The lowest BCUT2D eigenvalue weighted by Crippen LogP contribution is -2.38. The van der Waals surface area contributed by atoms with Gasteiger partial charge in [-0.2, -0.15) is 19.3 Å². The number of fused-ring (bicyclic) bond motifs is 2. The zero-order chi connectivity index (χ0) is 30.0. The number of halogens is 1. The van der Waals surface area contributed by atoms with Crippen LogP contribution in [-0.4, -0.2) is 57.7 Å². The molecule has 0 spiro atoms. The normalized spacial score (nSPS) is 24.1. The van der Waals surface area contributed by atoms with Crippen LogP contribution in [0.5, 0.6) is 0 Å². The smallest absolute Gasteiger partial charge is 0.264 e. The van der Waals surface area contributed by atoms with E-state index in [2.05, 4.69) is 46.5 Å². The van der Waals surface area contributed by atoms with Crippen LogP contribution < -0.4 is 0 Å². The maximum absolute atomic E-state index is 13.9. The fourth-order valence-electron chi connectivity index (χ4n) is 7.37. The van der Waals surface area contributed by atoms with Crippen LogP contribution in [-0.2, 0) is 32.3 Å². The third-order valence-electron chi connectivity index (χ3n) is 9.46. The summed E-state index contributed by atoms with van der Waals surface area (Å²) in [5.74, 6) is -0.310. The second-order valence-electron chi connectivity index (χ2n) is 11.7. The van der Waals surface area contributed by atoms with Gasteiger partial charge in [-0.15, -0.1) is 5.10 Å². The Morgan fingerprint density at radius 1 is 1.05 bits per heavy atom. The van der Waals surface area contributed by atoms with Crippen LogP contribution in [0, 0.1) is 18.7 Å². The van der Waals surface area contributed by atoms with E-state index in [4.69, 9.17) is 4.74 Å². The van der Waals surface area contributed by atoms with Crippen LogP contribution in [0.2, 0.25) is 0 Å². The Bertz CT molecular complexity index is 1920. The molecular formula is C32H33FN6O3S. The fourth-order valence-corrected chi connectivity index (χ4v) is 8.79. The molecule has 3 atom stereocenters. The molecule has 5 aromatic rings. The average molecular weight is 601 g/mol. The molecule has 2 fully saturated rings. The van der Waals surface area contributed by atoms with E-state index in [0.29, 0.717) is 32.5 Å². The van der Waals surface area contributed by atoms with Gasteiger partial charge in [0, 0.05) is 31.0 Å². The van der Waals surface area contributed by atoms with Gasteiger partial charge in [0.15, 0.2) is 0 Å². The zero-order valence-corrected chi connectivity index (χ0v) is 25.1. The molecule has 0 N–H and O–H groups in total. The number of rotatable bonds is 7. The molecule has 3 aromatic carbocycles. The summed E-state index contributed by atoms with van der Waals surface area (Å²) >= 11 is 0. The molecule has 222 valence electrons. The lowest BCUT2D eigenvalue weighted by molar-refractivity contribution is -0.0183. The first-order valence-corrected chi connectivity index (χ1v) is 15.9. The monoisotopic (exact) mass is 600 g/mol. The topological polar surface area (TPSA) is 95.1 Å². The van der Waals surface area contributed by atoms with Crippen LogP contribution in [0.25, 0.3) is 16.6 Å². The minimum Gasteiger partial charge on any atom is -0.373 e. The zero-order valence-electron chi connectivity index (χ0n) is 24.3. The number of aryl methyl sites for hydroxylation is 2. The number of hydrogen-bond donors (Lipinski definition) is 0. The van der Waals surface area contributed by atoms with Gasteiger partial charge >= 0.3 is 0 Å². The van der Waals surface area contributed by atoms with E-state index in [1.807, 2.05) is 31.3 Å². The van der Waals surface area contributed by atoms with Gasteiger partial charge < -0.3 is 4.74 Å². The molecule has 2 aromatic heterocycles. The van der Waals surface area contributed by atoms with Crippen molar-refractivity contribution in [3.8, 4) is 5.69 Å². The van der Waals surface area contributed by atoms with Crippen molar-refractivity contribution in [2.75, 3.05) is 20.2 Å². The lowest BCUT2D eigenvalue weighted by atomic mass is 9.72. The third-order valence-corrected chi connectivity index (χ3v) is 11.1. The molecule has 3 heterocycles. The van der Waals surface area contributed by atoms with Gasteiger partial charge in [0.2, 0.25) is 5.03 Å². The van der Waals surface area contributed by atoms with Crippen molar-refractivity contribution in [3.63, 3.8) is 0 Å². The first-order chi connectivity index (χ1) is 20.7. The van der Waals surface area contributed by atoms with Crippen molar-refractivity contribution in [1.29, 1.82) is 0 Å². The van der Waals surface area contributed by atoms with E-state index in [9.17, 15) is 12.8 Å². The number of ether oxygens (including phenoxy) is 1. The van der Waals surface area contributed by atoms with Gasteiger partial charge in [0.1, 0.15) is 5.82 Å². The first-order valence-electron chi connectivity index (χ1n) is 14.4. The van der Waals surface area contributed by atoms with E-state index in [1.54, 1.807) is 28.2 Å². The van der Waals surface area contributed by atoms with Crippen LogP contribution in [0.3, 0.4) is 0 Å². The molecule has 0 bridgehead atoms. The van der Waals surface area contributed by atoms with Crippen LogP contribution in [0.1, 0.15) is 36.5 Å². The number of methoxy groups -OCH3 is 1. The van der Waals surface area contributed by atoms with E-state index in [0.717, 1.165) is 33.3 Å². The number of hydrogen-bond acceptors (Lipinski definition) is 6. The summed E-state index contributed by atoms with van der Waals surface area (Å²) in [5, 5.41) is 13.9. The molecule has 7 rings (SSSR count). The van der Waals surface area contributed by atoms with Crippen molar-refractivity contribution in [2.45, 2.75) is 49.3 Å². The first kappa shape index (κ1) is 27.9. The molecule has 1 saturated heterocycles. The van der Waals surface area contributed by atoms with Gasteiger partial charge in [-0.1, -0.05) is 30.3 Å². The fraction of sp³-hybridized carbons (Fsp3) is 0.344. The van der Waals surface area contributed by atoms with Gasteiger partial charge in [-0.3, -0.25) is 0 Å². The number of benzene rings is 3. The molecule has 11 heteroatoms. The maximum Gasteiger partial charge on any atom is 0.264 e. The van der Waals surface area contributed by atoms with Crippen LogP contribution >= 0.6 is 0 Å². The number of sulfonamides is 1. The van der Waals surface area contributed by atoms with Crippen molar-refractivity contribution >= 4 is 20.9 Å². The Labute approximate surface area is 249 Å². The Kier molecular flexibility index (Phi) is 6.53. The largest absolute Gasteiger partial charge is 0.373 e. The molecule has 0 radical (unpaired) electrons. The summed E-state index contributed by atoms with van der Waals surface area (Å²) in [7, 11) is -2.11. The summed E-state index contributed by atoms with van der Waals surface area (Å²) in [5.41, 5.74) is 3.81. The average Bonchev–Trinajstić information content (AvgIpc) is 3.79. The van der Waals surface area contributed by atoms with Gasteiger partial charge in [-0.25, -0.2) is 17.5 Å². The highest BCUT2D eigenvalue weighted by Crippen LogP contribution is 2.60. The highest BCUT2D eigenvalue weighted by Gasteiger charge is 2.62. The summed E-state index contributed by atoms with van der Waals surface area (Å²) in [6.07, 6.45) is 4.45. The molecule has 43 heavy (non-hydrogen) atoms. The summed E-state index contributed by atoms with van der Waals surface area (Å²) in [6, 6.07) is 20.7. The van der Waals surface area contributed by atoms with Crippen LogP contribution in [0.15, 0.2) is 84.1 Å². The van der Waals surface area contributed by atoms with Crippen molar-refractivity contribution < 1.29 is 17.5 Å². The van der Waals surface area contributed by atoms with Crippen molar-refractivity contribution in [1.82, 2.24) is 29.1 Å².